The maximum Gasteiger partial charge on any atom is 0.410 e. The number of piperidine rings is 1. The molecule has 23 heavy (non-hydrogen) atoms. The van der Waals surface area contributed by atoms with E-state index in [0.717, 1.165) is 50.4 Å². The molecule has 0 aromatic carbocycles. The minimum Gasteiger partial charge on any atom is -0.444 e. The largest absolute Gasteiger partial charge is 0.444 e. The number of likely N-dealkylation sites (tertiary alicyclic amines) is 1. The second-order valence-corrected chi connectivity index (χ2v) is 8.34. The number of hydrogen-bond acceptors (Lipinski definition) is 5. The fourth-order valence-corrected chi connectivity index (χ4v) is 3.53. The highest BCUT2D eigenvalue weighted by molar-refractivity contribution is 7.11. The van der Waals surface area contributed by atoms with Gasteiger partial charge in [0.1, 0.15) is 10.6 Å². The number of rotatable bonds is 5. The molecular weight excluding hydrogens is 310 g/mol. The van der Waals surface area contributed by atoms with Crippen LogP contribution in [-0.2, 0) is 17.7 Å². The molecule has 0 spiro atoms. The Bertz CT molecular complexity index is 510. The average Bonchev–Trinajstić information content (AvgIpc) is 2.94. The van der Waals surface area contributed by atoms with Gasteiger partial charge >= 0.3 is 6.09 Å². The van der Waals surface area contributed by atoms with E-state index < -0.39 is 5.60 Å². The summed E-state index contributed by atoms with van der Waals surface area (Å²) in [5.41, 5.74) is -0.426. The van der Waals surface area contributed by atoms with Crippen molar-refractivity contribution < 1.29 is 9.53 Å². The summed E-state index contributed by atoms with van der Waals surface area (Å²) < 4.78 is 5.47. The minimum absolute atomic E-state index is 0.185. The van der Waals surface area contributed by atoms with Crippen LogP contribution in [0.5, 0.6) is 0 Å². The van der Waals surface area contributed by atoms with Gasteiger partial charge in [-0.05, 0) is 46.0 Å². The van der Waals surface area contributed by atoms with E-state index in [1.807, 2.05) is 31.9 Å². The Morgan fingerprint density at radius 3 is 2.96 bits per heavy atom. The Morgan fingerprint density at radius 2 is 2.30 bits per heavy atom. The molecule has 0 aliphatic carbocycles. The molecule has 1 amide bonds. The minimum atomic E-state index is -0.426. The van der Waals surface area contributed by atoms with Crippen LogP contribution in [0.2, 0.25) is 0 Å². The number of aryl methyl sites for hydroxylation is 1. The first kappa shape index (κ1) is 18.2. The zero-order valence-electron chi connectivity index (χ0n) is 14.7. The number of ether oxygens (including phenoxy) is 1. The summed E-state index contributed by atoms with van der Waals surface area (Å²) in [6.07, 6.45) is 5.03. The van der Waals surface area contributed by atoms with Crippen molar-refractivity contribution in [2.45, 2.75) is 59.1 Å². The molecule has 0 bridgehead atoms. The van der Waals surface area contributed by atoms with Crippen molar-refractivity contribution >= 4 is 17.4 Å². The number of hydrogen-bond donors (Lipinski definition) is 1. The van der Waals surface area contributed by atoms with Gasteiger partial charge in [0.05, 0.1) is 0 Å². The van der Waals surface area contributed by atoms with Crippen LogP contribution < -0.4 is 5.32 Å². The van der Waals surface area contributed by atoms with Gasteiger partial charge in [0, 0.05) is 37.3 Å². The Labute approximate surface area is 143 Å². The van der Waals surface area contributed by atoms with Gasteiger partial charge in [0.2, 0.25) is 0 Å². The normalized spacial score (nSPS) is 19.0. The van der Waals surface area contributed by atoms with Gasteiger partial charge in [-0.1, -0.05) is 6.92 Å². The van der Waals surface area contributed by atoms with Crippen molar-refractivity contribution in [2.24, 2.45) is 5.92 Å². The molecule has 5 nitrogen and oxygen atoms in total. The fraction of sp³-hybridized carbons (Fsp3) is 0.765. The monoisotopic (exact) mass is 339 g/mol. The van der Waals surface area contributed by atoms with Gasteiger partial charge in [-0.3, -0.25) is 0 Å². The van der Waals surface area contributed by atoms with Gasteiger partial charge < -0.3 is 15.0 Å². The summed E-state index contributed by atoms with van der Waals surface area (Å²) in [5, 5.41) is 4.63. The van der Waals surface area contributed by atoms with E-state index in [-0.39, 0.29) is 6.09 Å². The lowest BCUT2D eigenvalue weighted by atomic mass is 9.98. The van der Waals surface area contributed by atoms with Crippen LogP contribution >= 0.6 is 11.3 Å². The van der Waals surface area contributed by atoms with Crippen LogP contribution in [0, 0.1) is 5.92 Å². The third-order valence-corrected chi connectivity index (χ3v) is 4.97. The van der Waals surface area contributed by atoms with Gasteiger partial charge in [0.15, 0.2) is 0 Å². The van der Waals surface area contributed by atoms with Gasteiger partial charge in [-0.2, -0.15) is 0 Å². The number of carbonyl (C=O) groups is 1. The highest BCUT2D eigenvalue weighted by Crippen LogP contribution is 2.19. The van der Waals surface area contributed by atoms with Crippen LogP contribution in [0.25, 0.3) is 0 Å². The maximum atomic E-state index is 12.2. The summed E-state index contributed by atoms with van der Waals surface area (Å²) in [7, 11) is 0. The quantitative estimate of drug-likeness (QED) is 0.893. The van der Waals surface area contributed by atoms with Crippen molar-refractivity contribution in [3.8, 4) is 0 Å². The number of thiazole rings is 1. The molecule has 6 heteroatoms. The summed E-state index contributed by atoms with van der Waals surface area (Å²) >= 11 is 1.77. The van der Waals surface area contributed by atoms with Gasteiger partial charge in [-0.25, -0.2) is 9.78 Å². The lowest BCUT2D eigenvalue weighted by Gasteiger charge is -2.34. The van der Waals surface area contributed by atoms with E-state index >= 15 is 0 Å². The number of nitrogens with zero attached hydrogens (tertiary/aromatic N) is 2. The predicted octanol–water partition coefficient (Wildman–Crippen LogP) is 3.44. The van der Waals surface area contributed by atoms with E-state index in [0.29, 0.717) is 5.92 Å². The first-order valence-corrected chi connectivity index (χ1v) is 9.31. The predicted molar refractivity (Wildman–Crippen MR) is 93.7 cm³/mol. The van der Waals surface area contributed by atoms with E-state index in [2.05, 4.69) is 17.2 Å². The summed E-state index contributed by atoms with van der Waals surface area (Å²) in [5.74, 6) is 0.488. The van der Waals surface area contributed by atoms with Gasteiger partial charge in [0.25, 0.3) is 0 Å². The molecule has 1 aromatic heterocycles. The molecule has 0 radical (unpaired) electrons. The molecule has 1 unspecified atom stereocenters. The lowest BCUT2D eigenvalue weighted by Crippen LogP contribution is -2.44. The Balaban J connectivity index is 1.74. The third kappa shape index (κ3) is 6.11. The second-order valence-electron chi connectivity index (χ2n) is 7.14. The van der Waals surface area contributed by atoms with E-state index in [4.69, 9.17) is 4.74 Å². The Morgan fingerprint density at radius 1 is 1.52 bits per heavy atom. The van der Waals surface area contributed by atoms with Crippen molar-refractivity contribution in [1.82, 2.24) is 15.2 Å². The Kier molecular flexibility index (Phi) is 6.41. The SMILES string of the molecule is CCc1cnc(CNCC2CCCN(C(=O)OC(C)(C)C)C2)s1. The van der Waals surface area contributed by atoms with E-state index in [1.54, 1.807) is 11.3 Å². The zero-order chi connectivity index (χ0) is 16.9. The third-order valence-electron chi connectivity index (χ3n) is 3.83. The molecular formula is C17H29N3O2S. The topological polar surface area (TPSA) is 54.5 Å². The maximum absolute atomic E-state index is 12.2. The molecule has 2 rings (SSSR count). The number of aromatic nitrogens is 1. The number of nitrogens with one attached hydrogen (secondary N) is 1. The molecule has 130 valence electrons. The van der Waals surface area contributed by atoms with Crippen molar-refractivity contribution in [3.05, 3.63) is 16.1 Å². The first-order chi connectivity index (χ1) is 10.9. The number of carbonyl (C=O) groups excluding carboxylic acids is 1. The smallest absolute Gasteiger partial charge is 0.410 e. The molecule has 1 saturated heterocycles. The highest BCUT2D eigenvalue weighted by atomic mass is 32.1. The molecule has 1 N–H and O–H groups in total. The van der Waals surface area contributed by atoms with E-state index in [9.17, 15) is 4.79 Å². The van der Waals surface area contributed by atoms with Crippen molar-refractivity contribution in [3.63, 3.8) is 0 Å². The average molecular weight is 340 g/mol. The van der Waals surface area contributed by atoms with Gasteiger partial charge in [-0.15, -0.1) is 11.3 Å². The highest BCUT2D eigenvalue weighted by Gasteiger charge is 2.27. The molecule has 2 heterocycles. The number of amides is 1. The zero-order valence-corrected chi connectivity index (χ0v) is 15.5. The first-order valence-electron chi connectivity index (χ1n) is 8.49. The summed E-state index contributed by atoms with van der Waals surface area (Å²) in [6, 6.07) is 0. The fourth-order valence-electron chi connectivity index (χ4n) is 2.70. The van der Waals surface area contributed by atoms with Crippen LogP contribution in [0.3, 0.4) is 0 Å². The van der Waals surface area contributed by atoms with Crippen LogP contribution in [-0.4, -0.2) is 41.2 Å². The molecule has 1 aromatic rings. The van der Waals surface area contributed by atoms with Crippen molar-refractivity contribution in [1.29, 1.82) is 0 Å². The standard InChI is InChI=1S/C17H29N3O2S/c1-5-14-10-19-15(23-14)11-18-9-13-7-6-8-20(12-13)16(21)22-17(2,3)4/h10,13,18H,5-9,11-12H2,1-4H3. The van der Waals surface area contributed by atoms with Crippen LogP contribution in [0.15, 0.2) is 6.20 Å². The molecule has 1 aliphatic heterocycles. The lowest BCUT2D eigenvalue weighted by molar-refractivity contribution is 0.0166. The summed E-state index contributed by atoms with van der Waals surface area (Å²) in [4.78, 5) is 19.8. The molecule has 1 fully saturated rings. The molecule has 0 saturated carbocycles. The van der Waals surface area contributed by atoms with E-state index in [1.165, 1.54) is 4.88 Å². The van der Waals surface area contributed by atoms with Crippen molar-refractivity contribution in [2.75, 3.05) is 19.6 Å². The van der Waals surface area contributed by atoms with Crippen LogP contribution in [0.4, 0.5) is 4.79 Å². The Hall–Kier alpha value is -1.14. The van der Waals surface area contributed by atoms with Crippen LogP contribution in [0.1, 0.15) is 50.4 Å². The molecule has 1 atom stereocenters. The summed E-state index contributed by atoms with van der Waals surface area (Å²) in [6.45, 7) is 11.2. The second kappa shape index (κ2) is 8.11. The molecule has 1 aliphatic rings.